The smallest absolute Gasteiger partial charge is 0.410 e. The molecule has 214 valence electrons. The molecule has 2 atom stereocenters. The number of benzene rings is 1. The summed E-state index contributed by atoms with van der Waals surface area (Å²) >= 11 is 0. The maximum Gasteiger partial charge on any atom is 0.410 e. The van der Waals surface area contributed by atoms with Crippen molar-refractivity contribution in [3.63, 3.8) is 0 Å². The maximum atomic E-state index is 14.3. The third-order valence-electron chi connectivity index (χ3n) is 7.30. The number of aromatic nitrogens is 6. The van der Waals surface area contributed by atoms with Crippen molar-refractivity contribution >= 4 is 12.0 Å². The van der Waals surface area contributed by atoms with Gasteiger partial charge in [-0.15, -0.1) is 5.10 Å². The van der Waals surface area contributed by atoms with Crippen LogP contribution in [0.4, 0.5) is 9.18 Å². The molecule has 13 nitrogen and oxygen atoms in total. The summed E-state index contributed by atoms with van der Waals surface area (Å²) < 4.78 is 21.4. The van der Waals surface area contributed by atoms with Gasteiger partial charge in [-0.05, 0) is 60.9 Å². The fourth-order valence-corrected chi connectivity index (χ4v) is 5.29. The lowest BCUT2D eigenvalue weighted by molar-refractivity contribution is -0.135. The molecule has 0 aliphatic carbocycles. The molecular formula is C27H31FN10O3. The number of rotatable bonds is 4. The van der Waals surface area contributed by atoms with Crippen LogP contribution in [0.1, 0.15) is 49.1 Å². The summed E-state index contributed by atoms with van der Waals surface area (Å²) in [6.45, 7) is 9.43. The van der Waals surface area contributed by atoms with Gasteiger partial charge in [-0.25, -0.2) is 19.2 Å². The van der Waals surface area contributed by atoms with Crippen LogP contribution in [-0.4, -0.2) is 101 Å². The van der Waals surface area contributed by atoms with Gasteiger partial charge in [0.1, 0.15) is 23.8 Å². The summed E-state index contributed by atoms with van der Waals surface area (Å²) in [5.41, 5.74) is 1.13. The molecule has 2 amide bonds. The van der Waals surface area contributed by atoms with E-state index in [1.165, 1.54) is 17.1 Å². The molecule has 0 bridgehead atoms. The van der Waals surface area contributed by atoms with Crippen LogP contribution in [0.3, 0.4) is 0 Å². The van der Waals surface area contributed by atoms with E-state index in [4.69, 9.17) is 4.74 Å². The van der Waals surface area contributed by atoms with E-state index in [-0.39, 0.29) is 23.9 Å². The zero-order chi connectivity index (χ0) is 29.3. The molecule has 41 heavy (non-hydrogen) atoms. The zero-order valence-corrected chi connectivity index (χ0v) is 23.4. The fraction of sp³-hybridized carbons (Fsp3) is 0.481. The second-order valence-electron chi connectivity index (χ2n) is 11.2. The van der Waals surface area contributed by atoms with Gasteiger partial charge in [-0.1, -0.05) is 6.07 Å². The van der Waals surface area contributed by atoms with Gasteiger partial charge in [0.15, 0.2) is 0 Å². The standard InChI is InChI=1S/C27H31FN10O3/c1-17-20(5-6-22(28)21(17)10-29)23-15-35-7-8-36(13-19(35)14-37(23)26(40)41-27(2,3)4)24(39)9-18-11-30-25(31-12-18)38-16-32-33-34-38/h5-6,11-12,16,19,23H,7-9,13-15H2,1-4H3. The summed E-state index contributed by atoms with van der Waals surface area (Å²) in [5.74, 6) is -0.353. The van der Waals surface area contributed by atoms with Gasteiger partial charge < -0.3 is 9.64 Å². The summed E-state index contributed by atoms with van der Waals surface area (Å²) in [5, 5.41) is 20.4. The van der Waals surface area contributed by atoms with Gasteiger partial charge >= 0.3 is 6.09 Å². The van der Waals surface area contributed by atoms with Gasteiger partial charge in [0.05, 0.1) is 18.0 Å². The molecule has 5 rings (SSSR count). The van der Waals surface area contributed by atoms with E-state index >= 15 is 0 Å². The van der Waals surface area contributed by atoms with Crippen LogP contribution in [0.2, 0.25) is 0 Å². The number of piperazine rings is 2. The lowest BCUT2D eigenvalue weighted by Crippen LogP contribution is -2.64. The molecule has 1 aromatic carbocycles. The molecule has 0 radical (unpaired) electrons. The third-order valence-corrected chi connectivity index (χ3v) is 7.30. The van der Waals surface area contributed by atoms with Crippen LogP contribution in [-0.2, 0) is 16.0 Å². The molecule has 2 aliphatic heterocycles. The highest BCUT2D eigenvalue weighted by Gasteiger charge is 2.42. The van der Waals surface area contributed by atoms with Crippen molar-refractivity contribution in [1.82, 2.24) is 44.9 Å². The largest absolute Gasteiger partial charge is 0.444 e. The van der Waals surface area contributed by atoms with E-state index in [1.54, 1.807) is 56.0 Å². The molecular weight excluding hydrogens is 531 g/mol. The van der Waals surface area contributed by atoms with Crippen LogP contribution in [0, 0.1) is 24.1 Å². The number of hydrogen-bond donors (Lipinski definition) is 0. The third kappa shape index (κ3) is 5.99. The summed E-state index contributed by atoms with van der Waals surface area (Å²) in [6.07, 6.45) is 4.18. The van der Waals surface area contributed by atoms with Crippen molar-refractivity contribution < 1.29 is 18.7 Å². The first kappa shape index (κ1) is 28.0. The monoisotopic (exact) mass is 562 g/mol. The Morgan fingerprint density at radius 1 is 1.15 bits per heavy atom. The Kier molecular flexibility index (Phi) is 7.63. The SMILES string of the molecule is Cc1c(C2CN3CCN(C(=O)Cc4cnc(-n5cnnn5)nc4)CC3CN2C(=O)OC(C)(C)C)ccc(F)c1C#N. The molecule has 2 aliphatic rings. The van der Waals surface area contributed by atoms with Crippen LogP contribution >= 0.6 is 0 Å². The number of ether oxygens (including phenoxy) is 1. The number of nitrogens with zero attached hydrogens (tertiary/aromatic N) is 10. The quantitative estimate of drug-likeness (QED) is 0.461. The molecule has 2 saturated heterocycles. The number of carbonyl (C=O) groups is 2. The summed E-state index contributed by atoms with van der Waals surface area (Å²) in [4.78, 5) is 40.8. The van der Waals surface area contributed by atoms with E-state index in [9.17, 15) is 19.2 Å². The second-order valence-corrected chi connectivity index (χ2v) is 11.2. The number of fused-ring (bicyclic) bond motifs is 1. The average Bonchev–Trinajstić information content (AvgIpc) is 3.47. The van der Waals surface area contributed by atoms with Crippen LogP contribution in [0.25, 0.3) is 5.95 Å². The van der Waals surface area contributed by atoms with E-state index < -0.39 is 23.6 Å². The molecule has 2 aromatic heterocycles. The minimum atomic E-state index is -0.717. The highest BCUT2D eigenvalue weighted by molar-refractivity contribution is 5.79. The van der Waals surface area contributed by atoms with Crippen molar-refractivity contribution in [1.29, 1.82) is 5.26 Å². The molecule has 0 N–H and O–H groups in total. The number of hydrogen-bond acceptors (Lipinski definition) is 10. The normalized spacial score (nSPS) is 19.4. The first-order valence-corrected chi connectivity index (χ1v) is 13.3. The number of carbonyl (C=O) groups excluding carboxylic acids is 2. The van der Waals surface area contributed by atoms with Crippen LogP contribution in [0.15, 0.2) is 30.9 Å². The molecule has 0 spiro atoms. The molecule has 2 fully saturated rings. The lowest BCUT2D eigenvalue weighted by atomic mass is 9.92. The fourth-order valence-electron chi connectivity index (χ4n) is 5.29. The predicted molar refractivity (Wildman–Crippen MR) is 142 cm³/mol. The Bertz CT molecular complexity index is 1470. The Labute approximate surface area is 236 Å². The molecule has 4 heterocycles. The second kappa shape index (κ2) is 11.2. The Balaban J connectivity index is 1.32. The topological polar surface area (TPSA) is 146 Å². The summed E-state index contributed by atoms with van der Waals surface area (Å²) in [6, 6.07) is 4.30. The highest BCUT2D eigenvalue weighted by Crippen LogP contribution is 2.34. The number of nitriles is 1. The van der Waals surface area contributed by atoms with Gasteiger partial charge in [0, 0.05) is 51.2 Å². The van der Waals surface area contributed by atoms with Crippen molar-refractivity contribution in [3.05, 3.63) is 58.9 Å². The first-order valence-electron chi connectivity index (χ1n) is 13.3. The van der Waals surface area contributed by atoms with Crippen molar-refractivity contribution in [2.75, 3.05) is 32.7 Å². The number of amides is 2. The Morgan fingerprint density at radius 3 is 2.56 bits per heavy atom. The Hall–Kier alpha value is -4.51. The predicted octanol–water partition coefficient (Wildman–Crippen LogP) is 1.82. The first-order chi connectivity index (χ1) is 19.5. The zero-order valence-electron chi connectivity index (χ0n) is 23.4. The van der Waals surface area contributed by atoms with Crippen molar-refractivity contribution in [3.8, 4) is 12.0 Å². The molecule has 2 unspecified atom stereocenters. The molecule has 0 saturated carbocycles. The minimum absolute atomic E-state index is 0.0286. The summed E-state index contributed by atoms with van der Waals surface area (Å²) in [7, 11) is 0. The number of tetrazole rings is 1. The maximum absolute atomic E-state index is 14.3. The molecule has 3 aromatic rings. The van der Waals surface area contributed by atoms with Gasteiger partial charge in [0.25, 0.3) is 5.95 Å². The van der Waals surface area contributed by atoms with Gasteiger partial charge in [-0.2, -0.15) is 9.94 Å². The number of halogens is 1. The van der Waals surface area contributed by atoms with E-state index in [0.717, 1.165) is 0 Å². The van der Waals surface area contributed by atoms with Gasteiger partial charge in [0.2, 0.25) is 5.91 Å². The minimum Gasteiger partial charge on any atom is -0.444 e. The van der Waals surface area contributed by atoms with Crippen molar-refractivity contribution in [2.45, 2.75) is 51.8 Å². The Morgan fingerprint density at radius 2 is 1.90 bits per heavy atom. The van der Waals surface area contributed by atoms with Crippen LogP contribution < -0.4 is 0 Å². The molecule has 14 heteroatoms. The van der Waals surface area contributed by atoms with E-state index in [1.807, 2.05) is 6.07 Å². The highest BCUT2D eigenvalue weighted by atomic mass is 19.1. The van der Waals surface area contributed by atoms with E-state index in [0.29, 0.717) is 55.4 Å². The lowest BCUT2D eigenvalue weighted by Gasteiger charge is -2.50. The van der Waals surface area contributed by atoms with E-state index in [2.05, 4.69) is 30.4 Å². The van der Waals surface area contributed by atoms with Crippen LogP contribution in [0.5, 0.6) is 0 Å². The van der Waals surface area contributed by atoms with Crippen molar-refractivity contribution in [2.24, 2.45) is 0 Å². The average molecular weight is 563 g/mol. The van der Waals surface area contributed by atoms with Gasteiger partial charge in [-0.3, -0.25) is 14.6 Å².